The molecule has 0 aliphatic rings. The number of alkyl halides is 1. The molecule has 0 saturated heterocycles. The summed E-state index contributed by atoms with van der Waals surface area (Å²) in [7, 11) is 1.07. The van der Waals surface area contributed by atoms with Gasteiger partial charge in [-0.3, -0.25) is 24.5 Å². The van der Waals surface area contributed by atoms with Gasteiger partial charge in [-0.25, -0.2) is 0 Å². The number of nitrogens with one attached hydrogen (secondary N) is 1. The minimum Gasteiger partial charge on any atom is -0.468 e. The summed E-state index contributed by atoms with van der Waals surface area (Å²) in [4.78, 5) is 47.9. The number of Topliss-reactive ketones (excluding diaryl/α,β-unsaturated/α-hetero) is 1. The fourth-order valence-corrected chi connectivity index (χ4v) is 3.10. The number of hydrogen-bond donors (Lipinski definition) is 1. The van der Waals surface area contributed by atoms with Crippen LogP contribution in [0.3, 0.4) is 0 Å². The fourth-order valence-electron chi connectivity index (χ4n) is 2.94. The first-order chi connectivity index (χ1) is 13.2. The second-order valence-corrected chi connectivity index (χ2v) is 6.16. The Labute approximate surface area is 166 Å². The van der Waals surface area contributed by atoms with E-state index in [1.54, 1.807) is 6.92 Å². The third kappa shape index (κ3) is 5.35. The Morgan fingerprint density at radius 3 is 2.36 bits per heavy atom. The predicted octanol–water partition coefficient (Wildman–Crippen LogP) is 2.49. The average molecular weight is 413 g/mol. The Morgan fingerprint density at radius 1 is 1.25 bits per heavy atom. The minimum atomic E-state index is -1.54. The number of carbonyl (C=O) groups is 3. The quantitative estimate of drug-likeness (QED) is 0.155. The molecule has 1 aromatic rings. The van der Waals surface area contributed by atoms with Crippen LogP contribution in [0.4, 0.5) is 5.69 Å². The summed E-state index contributed by atoms with van der Waals surface area (Å²) >= 11 is 5.65. The van der Waals surface area contributed by atoms with Crippen LogP contribution in [0.2, 0.25) is 0 Å². The van der Waals surface area contributed by atoms with Gasteiger partial charge in [0.1, 0.15) is 11.8 Å². The van der Waals surface area contributed by atoms with Gasteiger partial charge in [0.15, 0.2) is 5.78 Å². The lowest BCUT2D eigenvalue weighted by molar-refractivity contribution is -0.384. The molecule has 0 bridgehead atoms. The standard InChI is InChI=1S/C18H21ClN2O7/c1-4-28-18(24)14(10(2)20)15(16(13(22)9-19)17(23)27-3)11-6-5-7-12(8-11)21(25)26/h5-8,14-16,20H,4,9H2,1-3H3. The fraction of sp³-hybridized carbons (Fsp3) is 0.444. The van der Waals surface area contributed by atoms with Crippen LogP contribution in [-0.2, 0) is 23.9 Å². The third-order valence-corrected chi connectivity index (χ3v) is 4.39. The van der Waals surface area contributed by atoms with E-state index in [-0.39, 0.29) is 23.6 Å². The van der Waals surface area contributed by atoms with E-state index >= 15 is 0 Å². The SMILES string of the molecule is CCOC(=O)C(C(C)=N)C(c1cccc([N+](=O)[O-])c1)C(C(=O)CCl)C(=O)OC. The summed E-state index contributed by atoms with van der Waals surface area (Å²) < 4.78 is 9.72. The number of ketones is 1. The van der Waals surface area contributed by atoms with E-state index in [1.807, 2.05) is 0 Å². The summed E-state index contributed by atoms with van der Waals surface area (Å²) in [6, 6.07) is 5.18. The number of esters is 2. The Morgan fingerprint density at radius 2 is 1.89 bits per heavy atom. The molecule has 0 aliphatic heterocycles. The van der Waals surface area contributed by atoms with Gasteiger partial charge in [0.2, 0.25) is 0 Å². The molecule has 0 heterocycles. The molecule has 0 fully saturated rings. The topological polar surface area (TPSA) is 137 Å². The zero-order valence-corrected chi connectivity index (χ0v) is 16.4. The number of methoxy groups -OCH3 is 1. The van der Waals surface area contributed by atoms with Gasteiger partial charge in [0.25, 0.3) is 5.69 Å². The molecule has 0 amide bonds. The number of nitrogens with zero attached hydrogens (tertiary/aromatic N) is 1. The summed E-state index contributed by atoms with van der Waals surface area (Å²) in [5.74, 6) is -7.20. The molecule has 0 saturated carbocycles. The zero-order chi connectivity index (χ0) is 21.4. The number of halogens is 1. The Hall–Kier alpha value is -2.81. The van der Waals surface area contributed by atoms with Crippen molar-refractivity contribution in [3.63, 3.8) is 0 Å². The number of carbonyl (C=O) groups excluding carboxylic acids is 3. The van der Waals surface area contributed by atoms with Gasteiger partial charge in [0, 0.05) is 23.8 Å². The predicted molar refractivity (Wildman–Crippen MR) is 101 cm³/mol. The van der Waals surface area contributed by atoms with E-state index in [9.17, 15) is 24.5 Å². The highest BCUT2D eigenvalue weighted by Gasteiger charge is 2.45. The Kier molecular flexibility index (Phi) is 8.72. The van der Waals surface area contributed by atoms with Gasteiger partial charge < -0.3 is 14.9 Å². The van der Waals surface area contributed by atoms with Crippen molar-refractivity contribution in [3.05, 3.63) is 39.9 Å². The minimum absolute atomic E-state index is 0.0105. The molecule has 0 aromatic heterocycles. The van der Waals surface area contributed by atoms with Crippen LogP contribution in [0, 0.1) is 27.4 Å². The van der Waals surface area contributed by atoms with E-state index < -0.39 is 46.3 Å². The van der Waals surface area contributed by atoms with Crippen molar-refractivity contribution >= 4 is 40.7 Å². The highest BCUT2D eigenvalue weighted by Crippen LogP contribution is 2.37. The van der Waals surface area contributed by atoms with Crippen LogP contribution in [-0.4, -0.2) is 48.0 Å². The van der Waals surface area contributed by atoms with Crippen LogP contribution in [0.1, 0.15) is 25.3 Å². The number of rotatable bonds is 10. The van der Waals surface area contributed by atoms with Crippen LogP contribution in [0.25, 0.3) is 0 Å². The molecule has 28 heavy (non-hydrogen) atoms. The van der Waals surface area contributed by atoms with Crippen molar-refractivity contribution in [1.29, 1.82) is 5.41 Å². The monoisotopic (exact) mass is 412 g/mol. The van der Waals surface area contributed by atoms with Gasteiger partial charge in [-0.15, -0.1) is 11.6 Å². The van der Waals surface area contributed by atoms with Gasteiger partial charge in [-0.1, -0.05) is 12.1 Å². The first-order valence-electron chi connectivity index (χ1n) is 8.32. The van der Waals surface area contributed by atoms with Crippen LogP contribution in [0.15, 0.2) is 24.3 Å². The van der Waals surface area contributed by atoms with Crippen LogP contribution in [0.5, 0.6) is 0 Å². The summed E-state index contributed by atoms with van der Waals surface area (Å²) in [5, 5.41) is 19.2. The van der Waals surface area contributed by atoms with Gasteiger partial charge >= 0.3 is 11.9 Å². The lowest BCUT2D eigenvalue weighted by Gasteiger charge is -2.30. The maximum Gasteiger partial charge on any atom is 0.316 e. The van der Waals surface area contributed by atoms with E-state index in [0.29, 0.717) is 0 Å². The number of ether oxygens (including phenoxy) is 2. The van der Waals surface area contributed by atoms with Crippen molar-refractivity contribution in [2.45, 2.75) is 19.8 Å². The first kappa shape index (κ1) is 23.2. The lowest BCUT2D eigenvalue weighted by Crippen LogP contribution is -2.41. The normalized spacial score (nSPS) is 13.7. The van der Waals surface area contributed by atoms with Crippen molar-refractivity contribution < 1.29 is 28.8 Å². The summed E-state index contributed by atoms with van der Waals surface area (Å²) in [5.41, 5.74) is -0.325. The van der Waals surface area contributed by atoms with Crippen molar-refractivity contribution in [3.8, 4) is 0 Å². The maximum atomic E-state index is 12.6. The van der Waals surface area contributed by atoms with Gasteiger partial charge in [0.05, 0.1) is 24.5 Å². The largest absolute Gasteiger partial charge is 0.468 e. The Bertz CT molecular complexity index is 765. The molecule has 1 aromatic carbocycles. The summed E-state index contributed by atoms with van der Waals surface area (Å²) in [6.07, 6.45) is 0. The molecule has 0 radical (unpaired) electrons. The lowest BCUT2D eigenvalue weighted by atomic mass is 9.73. The van der Waals surface area contributed by atoms with Crippen LogP contribution < -0.4 is 0 Å². The number of hydrogen-bond acceptors (Lipinski definition) is 8. The highest BCUT2D eigenvalue weighted by molar-refractivity contribution is 6.29. The second-order valence-electron chi connectivity index (χ2n) is 5.89. The highest BCUT2D eigenvalue weighted by atomic mass is 35.5. The number of benzene rings is 1. The zero-order valence-electron chi connectivity index (χ0n) is 15.6. The molecule has 3 atom stereocenters. The molecular formula is C18H21ClN2O7. The summed E-state index contributed by atoms with van der Waals surface area (Å²) in [6.45, 7) is 2.90. The molecule has 0 spiro atoms. The van der Waals surface area contributed by atoms with E-state index in [1.165, 1.54) is 25.1 Å². The number of nitro groups is 1. The molecule has 3 unspecified atom stereocenters. The molecule has 1 N–H and O–H groups in total. The molecule has 10 heteroatoms. The number of non-ortho nitro benzene ring substituents is 1. The van der Waals surface area contributed by atoms with Crippen molar-refractivity contribution in [1.82, 2.24) is 0 Å². The molecule has 1 rings (SSSR count). The third-order valence-electron chi connectivity index (χ3n) is 4.12. The molecule has 9 nitrogen and oxygen atoms in total. The van der Waals surface area contributed by atoms with Crippen molar-refractivity contribution in [2.24, 2.45) is 11.8 Å². The smallest absolute Gasteiger partial charge is 0.316 e. The maximum absolute atomic E-state index is 12.6. The van der Waals surface area contributed by atoms with Gasteiger partial charge in [-0.05, 0) is 19.4 Å². The van der Waals surface area contributed by atoms with Crippen molar-refractivity contribution in [2.75, 3.05) is 19.6 Å². The van der Waals surface area contributed by atoms with E-state index in [2.05, 4.69) is 0 Å². The Balaban J connectivity index is 3.73. The molecule has 152 valence electrons. The molecular weight excluding hydrogens is 392 g/mol. The van der Waals surface area contributed by atoms with Crippen LogP contribution >= 0.6 is 11.6 Å². The average Bonchev–Trinajstić information content (AvgIpc) is 2.66. The van der Waals surface area contributed by atoms with Gasteiger partial charge in [-0.2, -0.15) is 0 Å². The first-order valence-corrected chi connectivity index (χ1v) is 8.85. The van der Waals surface area contributed by atoms with E-state index in [4.69, 9.17) is 26.5 Å². The molecule has 0 aliphatic carbocycles. The number of nitro benzene ring substituents is 1. The van der Waals surface area contributed by atoms with E-state index in [0.717, 1.165) is 13.2 Å². The second kappa shape index (κ2) is 10.5.